The molecule has 0 saturated carbocycles. The van der Waals surface area contributed by atoms with E-state index in [1.165, 1.54) is 0 Å². The van der Waals surface area contributed by atoms with E-state index in [0.717, 1.165) is 16.1 Å². The van der Waals surface area contributed by atoms with Crippen LogP contribution in [0, 0.1) is 6.92 Å². The van der Waals surface area contributed by atoms with E-state index >= 15 is 0 Å². The van der Waals surface area contributed by atoms with Crippen molar-refractivity contribution in [1.29, 1.82) is 0 Å². The molecule has 130 valence electrons. The predicted octanol–water partition coefficient (Wildman–Crippen LogP) is 4.50. The fourth-order valence-electron chi connectivity index (χ4n) is 2.72. The number of fused-ring (bicyclic) bond motifs is 1. The lowest BCUT2D eigenvalue weighted by atomic mass is 10.2. The zero-order valence-corrected chi connectivity index (χ0v) is 15.7. The van der Waals surface area contributed by atoms with Crippen LogP contribution in [-0.2, 0) is 9.59 Å². The number of nitrogens with zero attached hydrogens (tertiary/aromatic N) is 1. The van der Waals surface area contributed by atoms with E-state index in [1.54, 1.807) is 28.8 Å². The number of carbonyl (C=O) groups is 2. The minimum atomic E-state index is -0.248. The summed E-state index contributed by atoms with van der Waals surface area (Å²) in [5, 5.41) is 3.59. The molecule has 1 N–H and O–H groups in total. The van der Waals surface area contributed by atoms with Gasteiger partial charge in [0.05, 0.1) is 5.69 Å². The molecule has 4 nitrogen and oxygen atoms in total. The van der Waals surface area contributed by atoms with Crippen molar-refractivity contribution in [2.24, 2.45) is 0 Å². The minimum absolute atomic E-state index is 0.0192. The highest BCUT2D eigenvalue weighted by molar-refractivity contribution is 8.00. The standard InChI is InChI=1S/C19H19ClN2O2S/c1-12-7-8-14(10-15(12)20)21-18(23)11-22-16-5-3-4-6-17(16)25-13(2)9-19(22)24/h3-8,10,13H,9,11H2,1-2H3,(H,21,23). The van der Waals surface area contributed by atoms with Crippen molar-refractivity contribution in [2.45, 2.75) is 30.4 Å². The summed E-state index contributed by atoms with van der Waals surface area (Å²) in [4.78, 5) is 27.6. The molecule has 1 heterocycles. The molecular weight excluding hydrogens is 356 g/mol. The molecule has 0 bridgehead atoms. The van der Waals surface area contributed by atoms with Gasteiger partial charge in [-0.25, -0.2) is 0 Å². The van der Waals surface area contributed by atoms with Crippen LogP contribution in [0.25, 0.3) is 0 Å². The first-order chi connectivity index (χ1) is 11.9. The van der Waals surface area contributed by atoms with E-state index in [0.29, 0.717) is 17.1 Å². The number of rotatable bonds is 3. The van der Waals surface area contributed by atoms with Gasteiger partial charge in [-0.2, -0.15) is 0 Å². The van der Waals surface area contributed by atoms with Crippen LogP contribution in [0.15, 0.2) is 47.4 Å². The number of hydrogen-bond acceptors (Lipinski definition) is 3. The second-order valence-corrected chi connectivity index (χ2v) is 7.98. The van der Waals surface area contributed by atoms with Crippen LogP contribution in [0.2, 0.25) is 5.02 Å². The number of halogens is 1. The number of benzene rings is 2. The molecule has 6 heteroatoms. The number of hydrogen-bond donors (Lipinski definition) is 1. The topological polar surface area (TPSA) is 49.4 Å². The third-order valence-electron chi connectivity index (χ3n) is 4.00. The molecule has 0 aromatic heterocycles. The van der Waals surface area contributed by atoms with Gasteiger partial charge < -0.3 is 10.2 Å². The van der Waals surface area contributed by atoms with Crippen molar-refractivity contribution in [3.8, 4) is 0 Å². The predicted molar refractivity (Wildman–Crippen MR) is 104 cm³/mol. The maximum absolute atomic E-state index is 12.6. The van der Waals surface area contributed by atoms with Gasteiger partial charge in [0, 0.05) is 27.3 Å². The molecule has 0 aliphatic carbocycles. The number of nitrogens with one attached hydrogen (secondary N) is 1. The van der Waals surface area contributed by atoms with Gasteiger partial charge in [-0.05, 0) is 36.8 Å². The van der Waals surface area contributed by atoms with Crippen LogP contribution in [0.1, 0.15) is 18.9 Å². The Labute approximate surface area is 156 Å². The minimum Gasteiger partial charge on any atom is -0.324 e. The zero-order chi connectivity index (χ0) is 18.0. The SMILES string of the molecule is Cc1ccc(NC(=O)CN2C(=O)CC(C)Sc3ccccc32)cc1Cl. The summed E-state index contributed by atoms with van der Waals surface area (Å²) in [5.74, 6) is -0.287. The number of thioether (sulfide) groups is 1. The molecule has 0 fully saturated rings. The maximum atomic E-state index is 12.6. The second-order valence-electron chi connectivity index (χ2n) is 6.09. The van der Waals surface area contributed by atoms with Gasteiger partial charge in [0.25, 0.3) is 0 Å². The van der Waals surface area contributed by atoms with Crippen molar-refractivity contribution in [3.05, 3.63) is 53.1 Å². The second kappa shape index (κ2) is 7.50. The molecule has 1 unspecified atom stereocenters. The molecule has 0 radical (unpaired) electrons. The molecule has 2 aromatic rings. The normalized spacial score (nSPS) is 17.0. The summed E-state index contributed by atoms with van der Waals surface area (Å²) in [6, 6.07) is 13.1. The molecule has 2 amide bonds. The quantitative estimate of drug-likeness (QED) is 0.860. The van der Waals surface area contributed by atoms with Crippen molar-refractivity contribution in [2.75, 3.05) is 16.8 Å². The van der Waals surface area contributed by atoms with Crippen LogP contribution in [0.5, 0.6) is 0 Å². The average Bonchev–Trinajstić information content (AvgIpc) is 2.67. The Balaban J connectivity index is 1.79. The zero-order valence-electron chi connectivity index (χ0n) is 14.1. The van der Waals surface area contributed by atoms with Crippen LogP contribution in [-0.4, -0.2) is 23.6 Å². The highest BCUT2D eigenvalue weighted by Gasteiger charge is 2.27. The molecule has 1 aliphatic heterocycles. The van der Waals surface area contributed by atoms with Crippen molar-refractivity contribution in [1.82, 2.24) is 0 Å². The lowest BCUT2D eigenvalue weighted by Crippen LogP contribution is -2.38. The Morgan fingerprint density at radius 3 is 2.84 bits per heavy atom. The van der Waals surface area contributed by atoms with Crippen molar-refractivity contribution in [3.63, 3.8) is 0 Å². The first-order valence-electron chi connectivity index (χ1n) is 8.06. The van der Waals surface area contributed by atoms with Crippen LogP contribution < -0.4 is 10.2 Å². The first-order valence-corrected chi connectivity index (χ1v) is 9.32. The molecule has 25 heavy (non-hydrogen) atoms. The van der Waals surface area contributed by atoms with Gasteiger partial charge in [-0.1, -0.05) is 36.7 Å². The highest BCUT2D eigenvalue weighted by Crippen LogP contribution is 2.37. The van der Waals surface area contributed by atoms with E-state index in [-0.39, 0.29) is 23.6 Å². The number of aryl methyl sites for hydroxylation is 1. The van der Waals surface area contributed by atoms with Crippen molar-refractivity contribution >= 4 is 46.6 Å². The lowest BCUT2D eigenvalue weighted by Gasteiger charge is -2.22. The molecule has 1 aliphatic rings. The summed E-state index contributed by atoms with van der Waals surface area (Å²) in [5.41, 5.74) is 2.36. The summed E-state index contributed by atoms with van der Waals surface area (Å²) < 4.78 is 0. The number of para-hydroxylation sites is 1. The number of anilines is 2. The molecule has 3 rings (SSSR count). The molecule has 1 atom stereocenters. The Morgan fingerprint density at radius 1 is 1.32 bits per heavy atom. The summed E-state index contributed by atoms with van der Waals surface area (Å²) in [6.07, 6.45) is 0.406. The van der Waals surface area contributed by atoms with Gasteiger partial charge in [-0.3, -0.25) is 9.59 Å². The van der Waals surface area contributed by atoms with Gasteiger partial charge in [0.15, 0.2) is 0 Å². The fourth-order valence-corrected chi connectivity index (χ4v) is 4.01. The van der Waals surface area contributed by atoms with E-state index in [9.17, 15) is 9.59 Å². The maximum Gasteiger partial charge on any atom is 0.244 e. The Bertz CT molecular complexity index is 825. The van der Waals surface area contributed by atoms with Crippen LogP contribution >= 0.6 is 23.4 Å². The lowest BCUT2D eigenvalue weighted by molar-refractivity contribution is -0.121. The van der Waals surface area contributed by atoms with Gasteiger partial charge in [-0.15, -0.1) is 11.8 Å². The molecule has 0 saturated heterocycles. The van der Waals surface area contributed by atoms with Gasteiger partial charge in [0.1, 0.15) is 6.54 Å². The number of carbonyl (C=O) groups excluding carboxylic acids is 2. The summed E-state index contributed by atoms with van der Waals surface area (Å²) in [6.45, 7) is 3.91. The molecular formula is C19H19ClN2O2S. The average molecular weight is 375 g/mol. The van der Waals surface area contributed by atoms with E-state index in [4.69, 9.17) is 11.6 Å². The Morgan fingerprint density at radius 2 is 2.08 bits per heavy atom. The highest BCUT2D eigenvalue weighted by atomic mass is 35.5. The summed E-state index contributed by atoms with van der Waals surface area (Å²) >= 11 is 7.76. The van der Waals surface area contributed by atoms with Crippen LogP contribution in [0.3, 0.4) is 0 Å². The third-order valence-corrected chi connectivity index (χ3v) is 5.58. The number of amides is 2. The van der Waals surface area contributed by atoms with E-state index in [1.807, 2.05) is 44.2 Å². The van der Waals surface area contributed by atoms with E-state index < -0.39 is 0 Å². The molecule has 0 spiro atoms. The largest absolute Gasteiger partial charge is 0.324 e. The summed E-state index contributed by atoms with van der Waals surface area (Å²) in [7, 11) is 0. The van der Waals surface area contributed by atoms with E-state index in [2.05, 4.69) is 5.32 Å². The smallest absolute Gasteiger partial charge is 0.244 e. The fraction of sp³-hybridized carbons (Fsp3) is 0.263. The van der Waals surface area contributed by atoms with Crippen LogP contribution in [0.4, 0.5) is 11.4 Å². The van der Waals surface area contributed by atoms with Crippen molar-refractivity contribution < 1.29 is 9.59 Å². The third kappa shape index (κ3) is 4.17. The first kappa shape index (κ1) is 17.8. The van der Waals surface area contributed by atoms with Gasteiger partial charge in [0.2, 0.25) is 11.8 Å². The Hall–Kier alpha value is -1.98. The molecule has 2 aromatic carbocycles. The Kier molecular flexibility index (Phi) is 5.35. The monoisotopic (exact) mass is 374 g/mol. The van der Waals surface area contributed by atoms with Gasteiger partial charge >= 0.3 is 0 Å².